The number of rotatable bonds is 13. The molecule has 16 heteroatoms. The van der Waals surface area contributed by atoms with E-state index in [9.17, 15) is 40.4 Å². The number of carbonyl (C=O) groups is 2. The van der Waals surface area contributed by atoms with Crippen LogP contribution in [0.5, 0.6) is 0 Å². The lowest BCUT2D eigenvalue weighted by atomic mass is 10.0. The molecule has 0 spiro atoms. The van der Waals surface area contributed by atoms with Gasteiger partial charge in [-0.05, 0) is 42.0 Å². The molecule has 2 amide bonds. The SMILES string of the molecule is C[C@@H](CS(=O)(=O)CCOCCNC(=O)c1cc(Cc2n[nH]c(=O)c3ccccc23)ccc1F)C(=O)Nc1ccc(C#N)c(C(F)(F)F)c1. The first-order chi connectivity index (χ1) is 22.7. The molecule has 0 fully saturated rings. The maximum absolute atomic E-state index is 14.5. The summed E-state index contributed by atoms with van der Waals surface area (Å²) in [5.74, 6) is -4.53. The van der Waals surface area contributed by atoms with Gasteiger partial charge in [0.1, 0.15) is 5.82 Å². The predicted molar refractivity (Wildman–Crippen MR) is 167 cm³/mol. The number of carbonyl (C=O) groups excluding carboxylic acids is 2. The molecular formula is C32H29F4N5O6S. The molecule has 11 nitrogen and oxygen atoms in total. The summed E-state index contributed by atoms with van der Waals surface area (Å²) in [6, 6.07) is 14.9. The Bertz CT molecular complexity index is 2040. The quantitative estimate of drug-likeness (QED) is 0.140. The largest absolute Gasteiger partial charge is 0.417 e. The fourth-order valence-electron chi connectivity index (χ4n) is 4.74. The second-order valence-electron chi connectivity index (χ2n) is 10.8. The molecule has 252 valence electrons. The number of hydrogen-bond acceptors (Lipinski definition) is 8. The summed E-state index contributed by atoms with van der Waals surface area (Å²) >= 11 is 0. The van der Waals surface area contributed by atoms with Gasteiger partial charge in [-0.3, -0.25) is 14.4 Å². The molecule has 1 atom stereocenters. The third-order valence-electron chi connectivity index (χ3n) is 7.16. The van der Waals surface area contributed by atoms with Crippen LogP contribution < -0.4 is 16.2 Å². The Morgan fingerprint density at radius 1 is 1.06 bits per heavy atom. The number of ether oxygens (including phenoxy) is 1. The van der Waals surface area contributed by atoms with E-state index < -0.39 is 62.2 Å². The van der Waals surface area contributed by atoms with E-state index in [2.05, 4.69) is 20.8 Å². The number of nitriles is 1. The van der Waals surface area contributed by atoms with Crippen LogP contribution >= 0.6 is 0 Å². The summed E-state index contributed by atoms with van der Waals surface area (Å²) in [7, 11) is -3.83. The Kier molecular flexibility index (Phi) is 11.3. The van der Waals surface area contributed by atoms with E-state index in [4.69, 9.17) is 10.00 Å². The third-order valence-corrected chi connectivity index (χ3v) is 8.95. The Labute approximate surface area is 271 Å². The fourth-order valence-corrected chi connectivity index (χ4v) is 6.19. The summed E-state index contributed by atoms with van der Waals surface area (Å²) < 4.78 is 84.4. The molecule has 4 aromatic rings. The van der Waals surface area contributed by atoms with Gasteiger partial charge in [0.15, 0.2) is 9.84 Å². The number of fused-ring (bicyclic) bond motifs is 1. The van der Waals surface area contributed by atoms with Crippen molar-refractivity contribution in [2.45, 2.75) is 19.5 Å². The number of sulfone groups is 1. The molecule has 1 heterocycles. The molecule has 1 aromatic heterocycles. The number of amides is 2. The van der Waals surface area contributed by atoms with Gasteiger partial charge in [-0.1, -0.05) is 31.2 Å². The molecule has 0 unspecified atom stereocenters. The normalized spacial score (nSPS) is 12.3. The summed E-state index contributed by atoms with van der Waals surface area (Å²) in [6.07, 6.45) is -4.62. The molecular weight excluding hydrogens is 658 g/mol. The van der Waals surface area contributed by atoms with Crippen LogP contribution in [0.1, 0.15) is 39.7 Å². The van der Waals surface area contributed by atoms with Crippen molar-refractivity contribution in [3.63, 3.8) is 0 Å². The third kappa shape index (κ3) is 9.23. The molecule has 0 aliphatic heterocycles. The Morgan fingerprint density at radius 3 is 2.50 bits per heavy atom. The minimum atomic E-state index is -4.83. The summed E-state index contributed by atoms with van der Waals surface area (Å²) in [6.45, 7) is 0.843. The lowest BCUT2D eigenvalue weighted by molar-refractivity contribution is -0.137. The minimum absolute atomic E-state index is 0.0715. The van der Waals surface area contributed by atoms with Crippen molar-refractivity contribution < 1.29 is 40.3 Å². The van der Waals surface area contributed by atoms with Crippen molar-refractivity contribution in [3.05, 3.63) is 105 Å². The van der Waals surface area contributed by atoms with Gasteiger partial charge in [-0.25, -0.2) is 17.9 Å². The Morgan fingerprint density at radius 2 is 1.79 bits per heavy atom. The lowest BCUT2D eigenvalue weighted by Gasteiger charge is -2.15. The zero-order valence-electron chi connectivity index (χ0n) is 25.4. The van der Waals surface area contributed by atoms with Crippen LogP contribution in [-0.4, -0.2) is 61.7 Å². The van der Waals surface area contributed by atoms with Crippen LogP contribution in [0.3, 0.4) is 0 Å². The van der Waals surface area contributed by atoms with E-state index in [-0.39, 0.29) is 43.0 Å². The van der Waals surface area contributed by atoms with Gasteiger partial charge in [0, 0.05) is 30.0 Å². The van der Waals surface area contributed by atoms with Crippen LogP contribution in [0.4, 0.5) is 23.2 Å². The van der Waals surface area contributed by atoms with Gasteiger partial charge in [0.25, 0.3) is 11.5 Å². The predicted octanol–water partition coefficient (Wildman–Crippen LogP) is 3.98. The smallest absolute Gasteiger partial charge is 0.379 e. The average molecular weight is 688 g/mol. The molecule has 3 N–H and O–H groups in total. The van der Waals surface area contributed by atoms with E-state index in [1.165, 1.54) is 25.1 Å². The van der Waals surface area contributed by atoms with Crippen LogP contribution in [0.15, 0.2) is 65.5 Å². The van der Waals surface area contributed by atoms with Crippen LogP contribution in [-0.2, 0) is 32.0 Å². The van der Waals surface area contributed by atoms with E-state index in [1.54, 1.807) is 24.3 Å². The molecule has 3 aromatic carbocycles. The van der Waals surface area contributed by atoms with Gasteiger partial charge in [0.2, 0.25) is 5.91 Å². The highest BCUT2D eigenvalue weighted by atomic mass is 32.2. The molecule has 4 rings (SSSR count). The highest BCUT2D eigenvalue weighted by Gasteiger charge is 2.34. The highest BCUT2D eigenvalue weighted by Crippen LogP contribution is 2.33. The van der Waals surface area contributed by atoms with Crippen LogP contribution in [0, 0.1) is 23.1 Å². The number of nitrogens with one attached hydrogen (secondary N) is 3. The van der Waals surface area contributed by atoms with E-state index in [0.29, 0.717) is 28.1 Å². The zero-order valence-corrected chi connectivity index (χ0v) is 26.2. The van der Waals surface area contributed by atoms with E-state index in [1.807, 2.05) is 0 Å². The summed E-state index contributed by atoms with van der Waals surface area (Å²) in [4.78, 5) is 37.2. The number of anilines is 1. The number of H-pyrrole nitrogens is 1. The molecule has 48 heavy (non-hydrogen) atoms. The van der Waals surface area contributed by atoms with E-state index in [0.717, 1.165) is 18.2 Å². The van der Waals surface area contributed by atoms with Gasteiger partial charge in [-0.15, -0.1) is 0 Å². The van der Waals surface area contributed by atoms with Crippen molar-refractivity contribution in [3.8, 4) is 6.07 Å². The number of aromatic amines is 1. The molecule has 0 radical (unpaired) electrons. The number of hydrogen-bond donors (Lipinski definition) is 3. The maximum atomic E-state index is 14.5. The number of benzene rings is 3. The average Bonchev–Trinajstić information content (AvgIpc) is 3.04. The molecule has 0 aliphatic rings. The maximum Gasteiger partial charge on any atom is 0.417 e. The zero-order chi connectivity index (χ0) is 35.1. The molecule has 0 bridgehead atoms. The first-order valence-corrected chi connectivity index (χ1v) is 16.2. The topological polar surface area (TPSA) is 171 Å². The van der Waals surface area contributed by atoms with Gasteiger partial charge in [0.05, 0.1) is 58.6 Å². The van der Waals surface area contributed by atoms with Gasteiger partial charge >= 0.3 is 6.18 Å². The van der Waals surface area contributed by atoms with Gasteiger partial charge in [-0.2, -0.15) is 23.5 Å². The summed E-state index contributed by atoms with van der Waals surface area (Å²) in [5, 5.41) is 21.2. The van der Waals surface area contributed by atoms with E-state index >= 15 is 0 Å². The Hall–Kier alpha value is -5.14. The van der Waals surface area contributed by atoms with Crippen molar-refractivity contribution in [1.29, 1.82) is 5.26 Å². The fraction of sp³-hybridized carbons (Fsp3) is 0.281. The van der Waals surface area contributed by atoms with Crippen molar-refractivity contribution >= 4 is 38.1 Å². The lowest BCUT2D eigenvalue weighted by Crippen LogP contribution is -2.30. The Balaban J connectivity index is 1.23. The monoisotopic (exact) mass is 687 g/mol. The number of aromatic nitrogens is 2. The highest BCUT2D eigenvalue weighted by molar-refractivity contribution is 7.91. The second-order valence-corrected chi connectivity index (χ2v) is 13.0. The van der Waals surface area contributed by atoms with Crippen molar-refractivity contribution in [2.24, 2.45) is 5.92 Å². The van der Waals surface area contributed by atoms with Crippen molar-refractivity contribution in [2.75, 3.05) is 36.6 Å². The molecule has 0 saturated heterocycles. The first-order valence-electron chi connectivity index (χ1n) is 14.4. The summed E-state index contributed by atoms with van der Waals surface area (Å²) in [5.41, 5.74) is -1.57. The minimum Gasteiger partial charge on any atom is -0.379 e. The van der Waals surface area contributed by atoms with Crippen LogP contribution in [0.2, 0.25) is 0 Å². The first kappa shape index (κ1) is 35.7. The molecule has 0 saturated carbocycles. The van der Waals surface area contributed by atoms with Gasteiger partial charge < -0.3 is 15.4 Å². The standard InChI is InChI=1S/C32H29F4N5O6S/c1-19(29(42)39-22-8-7-21(17-37)26(16-22)32(34,35)36)18-48(45,46)13-12-47-11-10-38-30(43)25-14-20(6-9-27(25)33)15-28-23-4-2-3-5-24(23)31(44)41-40-28/h2-9,14,16,19H,10-13,15,18H2,1H3,(H,38,43)(H,39,42)(H,41,44)/t19-/m0/s1. The van der Waals surface area contributed by atoms with Crippen molar-refractivity contribution in [1.82, 2.24) is 15.5 Å². The van der Waals surface area contributed by atoms with Crippen LogP contribution in [0.25, 0.3) is 10.8 Å². The number of nitrogens with zero attached hydrogens (tertiary/aromatic N) is 2. The number of alkyl halides is 3. The second kappa shape index (κ2) is 15.2. The number of halogens is 4. The molecule has 0 aliphatic carbocycles.